The molecule has 1 saturated carbocycles. The van der Waals surface area contributed by atoms with Crippen LogP contribution in [0.2, 0.25) is 0 Å². The van der Waals surface area contributed by atoms with Gasteiger partial charge in [-0.1, -0.05) is 6.07 Å². The van der Waals surface area contributed by atoms with Gasteiger partial charge in [0, 0.05) is 19.8 Å². The third-order valence-corrected chi connectivity index (χ3v) is 8.12. The van der Waals surface area contributed by atoms with E-state index in [9.17, 15) is 9.90 Å². The predicted molar refractivity (Wildman–Crippen MR) is 132 cm³/mol. The minimum Gasteiger partial charge on any atom is -0.489 e. The van der Waals surface area contributed by atoms with Crippen LogP contribution in [0.1, 0.15) is 51.4 Å². The number of ether oxygens (including phenoxy) is 4. The smallest absolute Gasteiger partial charge is 0.313 e. The van der Waals surface area contributed by atoms with Gasteiger partial charge in [-0.15, -0.1) is 0 Å². The number of carbonyl (C=O) groups excluding carboxylic acids is 1. The lowest BCUT2D eigenvalue weighted by Gasteiger charge is -2.41. The second-order valence-corrected chi connectivity index (χ2v) is 10.6. The molecule has 1 aromatic heterocycles. The van der Waals surface area contributed by atoms with Gasteiger partial charge in [0.25, 0.3) is 5.88 Å². The van der Waals surface area contributed by atoms with Crippen LogP contribution in [0, 0.1) is 11.3 Å². The van der Waals surface area contributed by atoms with Crippen LogP contribution < -0.4 is 9.47 Å². The normalized spacial score (nSPS) is 25.5. The summed E-state index contributed by atoms with van der Waals surface area (Å²) in [4.78, 5) is 15.0. The number of nitrogens with zero attached hydrogens (tertiary/aromatic N) is 2. The SMILES string of the molecule is COC(=O)C1(CN2CCC(COc3noc4cccc(O[C@H]5CC[C@@H](O)CC5)c34)CC2)CCOCC1. The highest BCUT2D eigenvalue weighted by Gasteiger charge is 2.43. The van der Waals surface area contributed by atoms with Crippen molar-refractivity contribution < 1.29 is 33.4 Å². The van der Waals surface area contributed by atoms with Gasteiger partial charge in [-0.3, -0.25) is 4.79 Å². The van der Waals surface area contributed by atoms with Crippen molar-refractivity contribution in [3.63, 3.8) is 0 Å². The van der Waals surface area contributed by atoms with E-state index >= 15 is 0 Å². The van der Waals surface area contributed by atoms with Crippen LogP contribution in [0.25, 0.3) is 11.0 Å². The van der Waals surface area contributed by atoms with Gasteiger partial charge in [-0.05, 0) is 87.7 Å². The van der Waals surface area contributed by atoms with Crippen molar-refractivity contribution in [3.8, 4) is 11.6 Å². The molecule has 198 valence electrons. The first-order valence-corrected chi connectivity index (χ1v) is 13.3. The van der Waals surface area contributed by atoms with Crippen LogP contribution in [-0.2, 0) is 14.3 Å². The van der Waals surface area contributed by atoms with Crippen molar-refractivity contribution in [2.45, 2.75) is 63.6 Å². The molecule has 9 heteroatoms. The lowest BCUT2D eigenvalue weighted by atomic mass is 9.79. The van der Waals surface area contributed by atoms with Gasteiger partial charge < -0.3 is 33.5 Å². The fourth-order valence-electron chi connectivity index (χ4n) is 5.81. The Morgan fingerprint density at radius 1 is 1.14 bits per heavy atom. The highest BCUT2D eigenvalue weighted by atomic mass is 16.5. The summed E-state index contributed by atoms with van der Waals surface area (Å²) in [6.07, 6.45) is 6.49. The Labute approximate surface area is 212 Å². The molecule has 2 aliphatic heterocycles. The number of hydrogen-bond acceptors (Lipinski definition) is 9. The number of aromatic nitrogens is 1. The fraction of sp³-hybridized carbons (Fsp3) is 0.704. The lowest BCUT2D eigenvalue weighted by Crippen LogP contribution is -2.49. The van der Waals surface area contributed by atoms with E-state index in [4.69, 9.17) is 23.5 Å². The summed E-state index contributed by atoms with van der Waals surface area (Å²) < 4.78 is 28.6. The quantitative estimate of drug-likeness (QED) is 0.543. The Balaban J connectivity index is 1.16. The molecule has 5 rings (SSSR count). The van der Waals surface area contributed by atoms with Crippen LogP contribution in [-0.4, -0.2) is 79.9 Å². The molecular weight excluding hydrogens is 464 g/mol. The standard InChI is InChI=1S/C27H38N2O7/c1-32-26(31)27(11-15-33-16-12-27)18-29-13-9-19(10-14-29)17-34-25-24-22(3-2-4-23(24)36-28-25)35-21-7-5-20(30)6-8-21/h2-4,19-21,30H,5-18H2,1H3/t20-,21+. The number of esters is 1. The number of methoxy groups -OCH3 is 1. The molecule has 0 unspecified atom stereocenters. The maximum atomic E-state index is 12.6. The van der Waals surface area contributed by atoms with Crippen molar-refractivity contribution in [3.05, 3.63) is 18.2 Å². The topological polar surface area (TPSA) is 103 Å². The van der Waals surface area contributed by atoms with Gasteiger partial charge in [0.1, 0.15) is 11.1 Å². The maximum absolute atomic E-state index is 12.6. The average Bonchev–Trinajstić information content (AvgIpc) is 3.34. The molecule has 0 spiro atoms. The van der Waals surface area contributed by atoms with Crippen molar-refractivity contribution in [1.29, 1.82) is 0 Å². The summed E-state index contributed by atoms with van der Waals surface area (Å²) in [5.41, 5.74) is 0.195. The van der Waals surface area contributed by atoms with Crippen molar-refractivity contribution >= 4 is 16.9 Å². The van der Waals surface area contributed by atoms with E-state index in [0.717, 1.165) is 69.3 Å². The minimum atomic E-state index is -0.456. The number of aliphatic hydroxyl groups excluding tert-OH is 1. The number of likely N-dealkylation sites (tertiary alicyclic amines) is 1. The molecule has 9 nitrogen and oxygen atoms in total. The molecule has 2 saturated heterocycles. The number of rotatable bonds is 8. The maximum Gasteiger partial charge on any atom is 0.313 e. The van der Waals surface area contributed by atoms with E-state index in [-0.39, 0.29) is 18.2 Å². The Kier molecular flexibility index (Phi) is 7.98. The van der Waals surface area contributed by atoms with Gasteiger partial charge >= 0.3 is 5.97 Å². The Bertz CT molecular complexity index is 1000. The Hall–Kier alpha value is -2.36. The second-order valence-electron chi connectivity index (χ2n) is 10.6. The molecule has 0 bridgehead atoms. The van der Waals surface area contributed by atoms with E-state index in [2.05, 4.69) is 10.1 Å². The van der Waals surface area contributed by atoms with Gasteiger partial charge in [0.2, 0.25) is 0 Å². The van der Waals surface area contributed by atoms with Gasteiger partial charge in [0.05, 0.1) is 31.3 Å². The third-order valence-electron chi connectivity index (χ3n) is 8.12. The van der Waals surface area contributed by atoms with Gasteiger partial charge in [-0.25, -0.2) is 0 Å². The molecular formula is C27H38N2O7. The monoisotopic (exact) mass is 502 g/mol. The highest BCUT2D eigenvalue weighted by molar-refractivity contribution is 5.88. The number of piperidine rings is 1. The Morgan fingerprint density at radius 3 is 2.61 bits per heavy atom. The fourth-order valence-corrected chi connectivity index (χ4v) is 5.81. The van der Waals surface area contributed by atoms with Crippen LogP contribution in [0.5, 0.6) is 11.6 Å². The van der Waals surface area contributed by atoms with Crippen LogP contribution >= 0.6 is 0 Å². The molecule has 0 amide bonds. The summed E-state index contributed by atoms with van der Waals surface area (Å²) in [6.45, 7) is 4.36. The molecule has 3 heterocycles. The van der Waals surface area contributed by atoms with Gasteiger partial charge in [0.15, 0.2) is 5.58 Å². The molecule has 1 N–H and O–H groups in total. The first-order valence-electron chi connectivity index (χ1n) is 13.3. The lowest BCUT2D eigenvalue weighted by molar-refractivity contribution is -0.160. The van der Waals surface area contributed by atoms with Crippen molar-refractivity contribution in [1.82, 2.24) is 10.1 Å². The number of fused-ring (bicyclic) bond motifs is 1. The highest BCUT2D eigenvalue weighted by Crippen LogP contribution is 2.37. The largest absolute Gasteiger partial charge is 0.489 e. The molecule has 0 radical (unpaired) electrons. The minimum absolute atomic E-state index is 0.0788. The molecule has 1 aromatic carbocycles. The Morgan fingerprint density at radius 2 is 1.89 bits per heavy atom. The van der Waals surface area contributed by atoms with Crippen molar-refractivity contribution in [2.75, 3.05) is 46.6 Å². The summed E-state index contributed by atoms with van der Waals surface area (Å²) in [5.74, 6) is 1.50. The first-order chi connectivity index (χ1) is 17.6. The van der Waals surface area contributed by atoms with Crippen LogP contribution in [0.15, 0.2) is 22.7 Å². The van der Waals surface area contributed by atoms with Crippen LogP contribution in [0.3, 0.4) is 0 Å². The molecule has 2 aromatic rings. The number of benzene rings is 1. The van der Waals surface area contributed by atoms with E-state index in [1.54, 1.807) is 0 Å². The molecule has 3 fully saturated rings. The molecule has 3 aliphatic rings. The first kappa shape index (κ1) is 25.3. The number of hydrogen-bond donors (Lipinski definition) is 1. The molecule has 36 heavy (non-hydrogen) atoms. The molecule has 0 atom stereocenters. The van der Waals surface area contributed by atoms with Crippen molar-refractivity contribution in [2.24, 2.45) is 11.3 Å². The van der Waals surface area contributed by atoms with Gasteiger partial charge in [-0.2, -0.15) is 0 Å². The third kappa shape index (κ3) is 5.63. The number of aliphatic hydroxyl groups is 1. The zero-order valence-electron chi connectivity index (χ0n) is 21.2. The summed E-state index contributed by atoms with van der Waals surface area (Å²) >= 11 is 0. The second kappa shape index (κ2) is 11.4. The predicted octanol–water partition coefficient (Wildman–Crippen LogP) is 3.57. The summed E-state index contributed by atoms with van der Waals surface area (Å²) in [7, 11) is 1.48. The average molecular weight is 503 g/mol. The summed E-state index contributed by atoms with van der Waals surface area (Å²) in [5, 5.41) is 14.8. The van der Waals surface area contributed by atoms with E-state index in [1.807, 2.05) is 18.2 Å². The van der Waals surface area contributed by atoms with E-state index in [1.165, 1.54) is 7.11 Å². The molecule has 1 aliphatic carbocycles. The van der Waals surface area contributed by atoms with Crippen LogP contribution in [0.4, 0.5) is 0 Å². The zero-order chi connectivity index (χ0) is 25.0. The summed E-state index contributed by atoms with van der Waals surface area (Å²) in [6, 6.07) is 5.71. The zero-order valence-corrected chi connectivity index (χ0v) is 21.2. The van der Waals surface area contributed by atoms with E-state index in [0.29, 0.717) is 50.0 Å². The number of carbonyl (C=O) groups is 1. The van der Waals surface area contributed by atoms with E-state index < -0.39 is 5.41 Å².